The number of ether oxygens (including phenoxy) is 1. The zero-order chi connectivity index (χ0) is 15.5. The van der Waals surface area contributed by atoms with Crippen LogP contribution in [-0.4, -0.2) is 28.9 Å². The Balaban J connectivity index is 2.71. The largest absolute Gasteiger partial charge is 0.367 e. The quantitative estimate of drug-likeness (QED) is 0.574. The normalized spacial score (nSPS) is 12.5. The predicted molar refractivity (Wildman–Crippen MR) is 66.7 cm³/mol. The summed E-state index contributed by atoms with van der Waals surface area (Å²) in [6.07, 6.45) is -3.79. The van der Waals surface area contributed by atoms with Crippen LogP contribution in [0.3, 0.4) is 0 Å². The van der Waals surface area contributed by atoms with E-state index in [1.165, 1.54) is 0 Å². The Morgan fingerprint density at radius 2 is 1.65 bits per heavy atom. The maximum atomic E-state index is 12.6. The second-order valence-corrected chi connectivity index (χ2v) is 5.06. The molecule has 0 saturated carbocycles. The van der Waals surface area contributed by atoms with Gasteiger partial charge in [0.1, 0.15) is 23.5 Å². The number of halogens is 6. The number of hydrogen-bond acceptors (Lipinski definition) is 3. The fraction of sp³-hybridized carbons (Fsp3) is 0.636. The third-order valence-electron chi connectivity index (χ3n) is 2.32. The molecule has 0 radical (unpaired) electrons. The molecule has 0 unspecified atom stereocenters. The van der Waals surface area contributed by atoms with Crippen LogP contribution in [0.15, 0.2) is 0 Å². The molecule has 1 aromatic rings. The Labute approximate surface area is 123 Å². The van der Waals surface area contributed by atoms with E-state index in [9.17, 15) is 17.6 Å². The maximum absolute atomic E-state index is 12.6. The summed E-state index contributed by atoms with van der Waals surface area (Å²) in [6, 6.07) is 0. The smallest absolute Gasteiger partial charge is 0.330 e. The van der Waals surface area contributed by atoms with Gasteiger partial charge in [-0.2, -0.15) is 8.78 Å². The van der Waals surface area contributed by atoms with Gasteiger partial charge < -0.3 is 4.74 Å². The zero-order valence-electron chi connectivity index (χ0n) is 10.6. The van der Waals surface area contributed by atoms with E-state index in [4.69, 9.17) is 23.2 Å². The Morgan fingerprint density at radius 3 is 2.05 bits per heavy atom. The van der Waals surface area contributed by atoms with Gasteiger partial charge in [-0.15, -0.1) is 0 Å². The Hall–Kier alpha value is -0.660. The Bertz CT molecular complexity index is 449. The van der Waals surface area contributed by atoms with Crippen LogP contribution in [0, 0.1) is 0 Å². The van der Waals surface area contributed by atoms with E-state index in [0.29, 0.717) is 5.56 Å². The highest BCUT2D eigenvalue weighted by molar-refractivity contribution is 6.34. The van der Waals surface area contributed by atoms with E-state index in [2.05, 4.69) is 14.7 Å². The van der Waals surface area contributed by atoms with Crippen LogP contribution < -0.4 is 0 Å². The van der Waals surface area contributed by atoms with Crippen molar-refractivity contribution in [1.82, 2.24) is 9.97 Å². The van der Waals surface area contributed by atoms with Gasteiger partial charge in [-0.1, -0.05) is 37.0 Å². The second kappa shape index (κ2) is 6.87. The molecule has 20 heavy (non-hydrogen) atoms. The highest BCUT2D eigenvalue weighted by atomic mass is 35.5. The van der Waals surface area contributed by atoms with Crippen molar-refractivity contribution in [1.29, 1.82) is 0 Å². The van der Waals surface area contributed by atoms with Crippen molar-refractivity contribution in [2.75, 3.05) is 6.61 Å². The summed E-state index contributed by atoms with van der Waals surface area (Å²) in [5.41, 5.74) is 0.523. The number of aromatic nitrogens is 2. The predicted octanol–water partition coefficient (Wildman–Crippen LogP) is 4.32. The molecule has 0 saturated heterocycles. The van der Waals surface area contributed by atoms with E-state index in [-0.39, 0.29) is 22.0 Å². The van der Waals surface area contributed by atoms with Crippen LogP contribution in [0.5, 0.6) is 0 Å². The molecule has 0 aliphatic rings. The lowest BCUT2D eigenvalue weighted by molar-refractivity contribution is -0.168. The van der Waals surface area contributed by atoms with Gasteiger partial charge in [0.05, 0.1) is 0 Å². The summed E-state index contributed by atoms with van der Waals surface area (Å²) >= 11 is 11.8. The zero-order valence-corrected chi connectivity index (χ0v) is 12.2. The van der Waals surface area contributed by atoms with E-state index < -0.39 is 25.6 Å². The van der Waals surface area contributed by atoms with E-state index in [0.717, 1.165) is 0 Å². The fourth-order valence-corrected chi connectivity index (χ4v) is 2.20. The van der Waals surface area contributed by atoms with Crippen molar-refractivity contribution in [2.45, 2.75) is 38.7 Å². The van der Waals surface area contributed by atoms with Gasteiger partial charge >= 0.3 is 12.3 Å². The second-order valence-electron chi connectivity index (χ2n) is 4.34. The monoisotopic (exact) mass is 334 g/mol. The van der Waals surface area contributed by atoms with Gasteiger partial charge in [0.25, 0.3) is 0 Å². The van der Waals surface area contributed by atoms with Gasteiger partial charge in [-0.05, 0) is 5.92 Å². The minimum atomic E-state index is -4.22. The van der Waals surface area contributed by atoms with E-state index >= 15 is 0 Å². The lowest BCUT2D eigenvalue weighted by Gasteiger charge is -2.15. The molecule has 1 rings (SSSR count). The van der Waals surface area contributed by atoms with Gasteiger partial charge in [0.2, 0.25) is 0 Å². The van der Waals surface area contributed by atoms with Crippen molar-refractivity contribution in [3.63, 3.8) is 0 Å². The lowest BCUT2D eigenvalue weighted by Crippen LogP contribution is -2.32. The summed E-state index contributed by atoms with van der Waals surface area (Å²) in [5.74, 6) is -4.28. The molecule has 0 bridgehead atoms. The summed E-state index contributed by atoms with van der Waals surface area (Å²) in [7, 11) is 0. The molecular formula is C11H12Cl2F4N2O. The number of hydrogen-bond donors (Lipinski definition) is 0. The van der Waals surface area contributed by atoms with Crippen LogP contribution in [0.1, 0.15) is 31.2 Å². The first-order chi connectivity index (χ1) is 9.15. The van der Waals surface area contributed by atoms with Crippen molar-refractivity contribution in [3.05, 3.63) is 21.7 Å². The lowest BCUT2D eigenvalue weighted by atomic mass is 10.1. The van der Waals surface area contributed by atoms with Crippen molar-refractivity contribution >= 4 is 23.2 Å². The minimum absolute atomic E-state index is 0.0202. The third kappa shape index (κ3) is 4.43. The van der Waals surface area contributed by atoms with Crippen molar-refractivity contribution < 1.29 is 22.3 Å². The number of alkyl halides is 4. The van der Waals surface area contributed by atoms with Crippen LogP contribution in [0.25, 0.3) is 0 Å². The van der Waals surface area contributed by atoms with Crippen molar-refractivity contribution in [3.8, 4) is 0 Å². The highest BCUT2D eigenvalue weighted by Gasteiger charge is 2.41. The number of nitrogens with zero attached hydrogens (tertiary/aromatic N) is 2. The summed E-state index contributed by atoms with van der Waals surface area (Å²) in [5, 5.41) is 0.165. The topological polar surface area (TPSA) is 35.0 Å². The molecule has 114 valence electrons. The van der Waals surface area contributed by atoms with Crippen LogP contribution in [0.2, 0.25) is 10.3 Å². The summed E-state index contributed by atoms with van der Waals surface area (Å²) < 4.78 is 53.5. The Morgan fingerprint density at radius 1 is 1.15 bits per heavy atom. The maximum Gasteiger partial charge on any atom is 0.330 e. The first-order valence-electron chi connectivity index (χ1n) is 5.60. The SMILES string of the molecule is CC(C)c1c(Cl)nc(COCC(F)(F)C(F)F)nc1Cl. The molecule has 0 atom stereocenters. The molecule has 1 aromatic heterocycles. The van der Waals surface area contributed by atoms with Crippen LogP contribution in [0.4, 0.5) is 17.6 Å². The van der Waals surface area contributed by atoms with Crippen molar-refractivity contribution in [2.24, 2.45) is 0 Å². The van der Waals surface area contributed by atoms with Gasteiger partial charge in [-0.3, -0.25) is 0 Å². The molecular weight excluding hydrogens is 323 g/mol. The molecule has 3 nitrogen and oxygen atoms in total. The standard InChI is InChI=1S/C11H12Cl2F4N2O/c1-5(2)7-8(12)18-6(19-9(7)13)3-20-4-11(16,17)10(14)15/h5,10H,3-4H2,1-2H3. The highest BCUT2D eigenvalue weighted by Crippen LogP contribution is 2.29. The van der Waals surface area contributed by atoms with Gasteiger partial charge in [-0.25, -0.2) is 18.7 Å². The number of rotatable bonds is 6. The van der Waals surface area contributed by atoms with Crippen LogP contribution >= 0.6 is 23.2 Å². The van der Waals surface area contributed by atoms with E-state index in [1.54, 1.807) is 0 Å². The molecule has 0 aliphatic heterocycles. The summed E-state index contributed by atoms with van der Waals surface area (Å²) in [6.45, 7) is 1.74. The molecule has 0 N–H and O–H groups in total. The van der Waals surface area contributed by atoms with E-state index in [1.807, 2.05) is 13.8 Å². The van der Waals surface area contributed by atoms with Gasteiger partial charge in [0, 0.05) is 5.56 Å². The first-order valence-corrected chi connectivity index (χ1v) is 6.36. The molecule has 0 aromatic carbocycles. The summed E-state index contributed by atoms with van der Waals surface area (Å²) in [4.78, 5) is 7.66. The van der Waals surface area contributed by atoms with Gasteiger partial charge in [0.15, 0.2) is 5.82 Å². The molecule has 0 spiro atoms. The molecule has 1 heterocycles. The molecule has 0 aliphatic carbocycles. The third-order valence-corrected chi connectivity index (χ3v) is 2.90. The fourth-order valence-electron chi connectivity index (χ4n) is 1.34. The molecule has 0 fully saturated rings. The Kier molecular flexibility index (Phi) is 5.97. The minimum Gasteiger partial charge on any atom is -0.367 e. The molecule has 9 heteroatoms. The average Bonchev–Trinajstić information content (AvgIpc) is 2.26. The van der Waals surface area contributed by atoms with Crippen LogP contribution in [-0.2, 0) is 11.3 Å². The first kappa shape index (κ1) is 17.4. The average molecular weight is 335 g/mol. The molecule has 0 amide bonds.